The zero-order valence-corrected chi connectivity index (χ0v) is 19.5. The second kappa shape index (κ2) is 8.51. The van der Waals surface area contributed by atoms with Crippen molar-refractivity contribution in [2.24, 2.45) is 5.92 Å². The zero-order valence-electron chi connectivity index (χ0n) is 19.5. The van der Waals surface area contributed by atoms with E-state index in [-0.39, 0.29) is 5.41 Å². The van der Waals surface area contributed by atoms with Crippen LogP contribution in [0.1, 0.15) is 48.8 Å². The highest BCUT2D eigenvalue weighted by molar-refractivity contribution is 5.54. The summed E-state index contributed by atoms with van der Waals surface area (Å²) in [7, 11) is 4.99. The summed E-state index contributed by atoms with van der Waals surface area (Å²) in [4.78, 5) is 2.73. The number of benzene rings is 2. The van der Waals surface area contributed by atoms with Crippen LogP contribution in [0.5, 0.6) is 23.0 Å². The average molecular weight is 438 g/mol. The minimum atomic E-state index is 0.262. The Hall–Kier alpha value is -2.40. The molecule has 2 aromatic rings. The van der Waals surface area contributed by atoms with Crippen LogP contribution in [-0.4, -0.2) is 50.5 Å². The van der Waals surface area contributed by atoms with Gasteiger partial charge >= 0.3 is 0 Å². The van der Waals surface area contributed by atoms with Crippen molar-refractivity contribution in [3.05, 3.63) is 47.0 Å². The van der Waals surface area contributed by atoms with Crippen molar-refractivity contribution in [3.63, 3.8) is 0 Å². The minimum Gasteiger partial charge on any atom is -0.508 e. The molecule has 1 saturated carbocycles. The van der Waals surface area contributed by atoms with Gasteiger partial charge in [-0.25, -0.2) is 0 Å². The quantitative estimate of drug-likeness (QED) is 0.709. The third-order valence-electron chi connectivity index (χ3n) is 8.35. The predicted octanol–water partition coefficient (Wildman–Crippen LogP) is 4.72. The summed E-state index contributed by atoms with van der Waals surface area (Å²) in [5.74, 6) is 3.21. The van der Waals surface area contributed by atoms with Gasteiger partial charge in [0, 0.05) is 18.0 Å². The molecule has 5 nitrogen and oxygen atoms in total. The SMILES string of the molecule is COc1cc(CCN2CC[C@]34CCCC[C@H]3[C@H]2Cc2ccc(O)cc24)cc(OC)c1OC. The fourth-order valence-electron chi connectivity index (χ4n) is 6.90. The number of aromatic hydroxyl groups is 1. The number of rotatable bonds is 6. The van der Waals surface area contributed by atoms with E-state index in [9.17, 15) is 5.11 Å². The fourth-order valence-corrected chi connectivity index (χ4v) is 6.90. The van der Waals surface area contributed by atoms with Crippen LogP contribution in [0.25, 0.3) is 0 Å². The molecule has 1 N–H and O–H groups in total. The van der Waals surface area contributed by atoms with E-state index >= 15 is 0 Å². The average Bonchev–Trinajstić information content (AvgIpc) is 2.83. The number of methoxy groups -OCH3 is 3. The second-order valence-electron chi connectivity index (χ2n) is 9.69. The Kier molecular flexibility index (Phi) is 5.70. The largest absolute Gasteiger partial charge is 0.508 e. The van der Waals surface area contributed by atoms with Gasteiger partial charge in [0.05, 0.1) is 21.3 Å². The Bertz CT molecular complexity index is 965. The summed E-state index contributed by atoms with van der Waals surface area (Å²) in [5.41, 5.74) is 4.37. The van der Waals surface area contributed by atoms with Crippen LogP contribution < -0.4 is 14.2 Å². The molecule has 0 unspecified atom stereocenters. The van der Waals surface area contributed by atoms with E-state index in [4.69, 9.17) is 14.2 Å². The zero-order chi connectivity index (χ0) is 22.3. The molecule has 5 rings (SSSR count). The van der Waals surface area contributed by atoms with Crippen LogP contribution in [0.4, 0.5) is 0 Å². The molecule has 5 heteroatoms. The van der Waals surface area contributed by atoms with Gasteiger partial charge in [-0.1, -0.05) is 18.9 Å². The number of hydrogen-bond donors (Lipinski definition) is 1. The van der Waals surface area contributed by atoms with Crippen molar-refractivity contribution in [1.82, 2.24) is 4.90 Å². The van der Waals surface area contributed by atoms with Crippen molar-refractivity contribution in [3.8, 4) is 23.0 Å². The van der Waals surface area contributed by atoms with Crippen molar-refractivity contribution >= 4 is 0 Å². The Balaban J connectivity index is 1.40. The van der Waals surface area contributed by atoms with Gasteiger partial charge in [0.25, 0.3) is 0 Å². The van der Waals surface area contributed by atoms with Crippen molar-refractivity contribution < 1.29 is 19.3 Å². The summed E-state index contributed by atoms with van der Waals surface area (Å²) >= 11 is 0. The molecule has 0 radical (unpaired) electrons. The molecule has 0 spiro atoms. The smallest absolute Gasteiger partial charge is 0.203 e. The molecule has 2 aliphatic carbocycles. The van der Waals surface area contributed by atoms with Gasteiger partial charge in [0.15, 0.2) is 11.5 Å². The lowest BCUT2D eigenvalue weighted by atomic mass is 9.52. The molecule has 2 fully saturated rings. The Labute approximate surface area is 191 Å². The number of ether oxygens (including phenoxy) is 3. The third kappa shape index (κ3) is 3.42. The number of piperidine rings is 1. The lowest BCUT2D eigenvalue weighted by Gasteiger charge is -2.59. The molecule has 3 atom stereocenters. The lowest BCUT2D eigenvalue weighted by molar-refractivity contribution is -0.0107. The van der Waals surface area contributed by atoms with Gasteiger partial charge in [-0.2, -0.15) is 0 Å². The summed E-state index contributed by atoms with van der Waals surface area (Å²) in [5, 5.41) is 10.2. The molecule has 1 aliphatic heterocycles. The highest BCUT2D eigenvalue weighted by atomic mass is 16.5. The van der Waals surface area contributed by atoms with E-state index in [1.54, 1.807) is 21.3 Å². The number of phenols is 1. The van der Waals surface area contributed by atoms with Gasteiger partial charge in [-0.05, 0) is 85.5 Å². The summed E-state index contributed by atoms with van der Waals surface area (Å²) in [6.07, 6.45) is 8.46. The van der Waals surface area contributed by atoms with E-state index in [0.29, 0.717) is 23.5 Å². The molecule has 2 aromatic carbocycles. The molecular formula is C27H35NO4. The number of nitrogens with zero attached hydrogens (tertiary/aromatic N) is 1. The van der Waals surface area contributed by atoms with Crippen molar-refractivity contribution in [2.45, 2.75) is 56.4 Å². The maximum Gasteiger partial charge on any atom is 0.203 e. The fraction of sp³-hybridized carbons (Fsp3) is 0.556. The molecule has 0 amide bonds. The molecular weight excluding hydrogens is 402 g/mol. The van der Waals surface area contributed by atoms with Crippen LogP contribution in [0, 0.1) is 5.92 Å². The predicted molar refractivity (Wildman–Crippen MR) is 125 cm³/mol. The third-order valence-corrected chi connectivity index (χ3v) is 8.35. The van der Waals surface area contributed by atoms with Crippen LogP contribution in [-0.2, 0) is 18.3 Å². The molecule has 3 aliphatic rings. The first kappa shape index (κ1) is 21.4. The number of fused-ring (bicyclic) bond motifs is 1. The van der Waals surface area contributed by atoms with E-state index in [1.165, 1.54) is 48.8 Å². The van der Waals surface area contributed by atoms with Crippen LogP contribution in [0.3, 0.4) is 0 Å². The van der Waals surface area contributed by atoms with Gasteiger partial charge in [0.2, 0.25) is 5.75 Å². The summed E-state index contributed by atoms with van der Waals surface area (Å²) in [6.45, 7) is 2.16. The van der Waals surface area contributed by atoms with Gasteiger partial charge in [-0.3, -0.25) is 4.90 Å². The molecule has 0 aromatic heterocycles. The number of likely N-dealkylation sites (tertiary alicyclic amines) is 1. The molecule has 32 heavy (non-hydrogen) atoms. The van der Waals surface area contributed by atoms with Gasteiger partial charge in [-0.15, -0.1) is 0 Å². The van der Waals surface area contributed by atoms with E-state index in [2.05, 4.69) is 29.2 Å². The molecule has 1 heterocycles. The van der Waals surface area contributed by atoms with Crippen LogP contribution >= 0.6 is 0 Å². The van der Waals surface area contributed by atoms with Crippen molar-refractivity contribution in [1.29, 1.82) is 0 Å². The summed E-state index contributed by atoms with van der Waals surface area (Å²) < 4.78 is 16.6. The number of phenolic OH excluding ortho intramolecular Hbond substituents is 1. The standard InChI is InChI=1S/C27H35NO4/c1-30-24-14-18(15-25(31-2)26(24)32-3)9-12-28-13-11-27-10-5-4-6-21(27)23(28)16-19-7-8-20(29)17-22(19)27/h7-8,14-15,17,21,23,29H,4-6,9-13,16H2,1-3H3/t21-,23+,27+/m0/s1. The Morgan fingerprint density at radius 2 is 1.78 bits per heavy atom. The first-order valence-corrected chi connectivity index (χ1v) is 11.9. The monoisotopic (exact) mass is 437 g/mol. The maximum atomic E-state index is 10.2. The van der Waals surface area contributed by atoms with Crippen LogP contribution in [0.2, 0.25) is 0 Å². The summed E-state index contributed by atoms with van der Waals surface area (Å²) in [6, 6.07) is 10.9. The normalized spacial score (nSPS) is 26.7. The first-order valence-electron chi connectivity index (χ1n) is 11.9. The Morgan fingerprint density at radius 3 is 2.50 bits per heavy atom. The molecule has 1 saturated heterocycles. The minimum absolute atomic E-state index is 0.262. The van der Waals surface area contributed by atoms with Gasteiger partial charge in [0.1, 0.15) is 5.75 Å². The molecule has 172 valence electrons. The van der Waals surface area contributed by atoms with E-state index in [1.807, 2.05) is 6.07 Å². The highest BCUT2D eigenvalue weighted by Gasteiger charge is 2.53. The second-order valence-corrected chi connectivity index (χ2v) is 9.69. The topological polar surface area (TPSA) is 51.2 Å². The van der Waals surface area contributed by atoms with Gasteiger partial charge < -0.3 is 19.3 Å². The molecule has 2 bridgehead atoms. The van der Waals surface area contributed by atoms with E-state index in [0.717, 1.165) is 37.4 Å². The maximum absolute atomic E-state index is 10.2. The highest BCUT2D eigenvalue weighted by Crippen LogP contribution is 2.56. The van der Waals surface area contributed by atoms with Crippen LogP contribution in [0.15, 0.2) is 30.3 Å². The lowest BCUT2D eigenvalue weighted by Crippen LogP contribution is -2.61. The number of hydrogen-bond acceptors (Lipinski definition) is 5. The van der Waals surface area contributed by atoms with E-state index < -0.39 is 0 Å². The first-order chi connectivity index (χ1) is 15.6. The Morgan fingerprint density at radius 1 is 1.00 bits per heavy atom. The van der Waals surface area contributed by atoms with Crippen molar-refractivity contribution in [2.75, 3.05) is 34.4 Å².